The molecular weight excluding hydrogens is 377 g/mol. The molecule has 1 aliphatic heterocycles. The van der Waals surface area contributed by atoms with Crippen LogP contribution in [-0.4, -0.2) is 25.0 Å². The standard InChI is InChI=1S/C21H16F5NO/c1-12-16(22)10-15(13-6-4-3-5-7-13)21(27(12)11-19(25)26)20-17(23)8-14(28-2)9-18(20)24/h3-10,19H,1,11H2,2H3. The van der Waals surface area contributed by atoms with E-state index in [1.54, 1.807) is 30.3 Å². The molecule has 0 aliphatic carbocycles. The van der Waals surface area contributed by atoms with E-state index < -0.39 is 41.7 Å². The SMILES string of the molecule is C=C1C(F)=CC(c2ccccc2)=C(c2c(F)cc(OC)cc2F)N1CC(F)F. The van der Waals surface area contributed by atoms with Gasteiger partial charge in [0, 0.05) is 17.7 Å². The largest absolute Gasteiger partial charge is 0.497 e. The molecular formula is C21H16F5NO. The Morgan fingerprint density at radius 1 is 1.04 bits per heavy atom. The third kappa shape index (κ3) is 3.65. The van der Waals surface area contributed by atoms with Crippen molar-refractivity contribution in [1.29, 1.82) is 0 Å². The molecule has 0 bridgehead atoms. The predicted molar refractivity (Wildman–Crippen MR) is 97.2 cm³/mol. The van der Waals surface area contributed by atoms with Crippen LogP contribution in [0.25, 0.3) is 11.3 Å². The van der Waals surface area contributed by atoms with Crippen molar-refractivity contribution in [2.24, 2.45) is 0 Å². The van der Waals surface area contributed by atoms with Crippen molar-refractivity contribution in [2.75, 3.05) is 13.7 Å². The topological polar surface area (TPSA) is 12.5 Å². The Balaban J connectivity index is 2.35. The van der Waals surface area contributed by atoms with Gasteiger partial charge in [-0.05, 0) is 11.6 Å². The molecule has 7 heteroatoms. The van der Waals surface area contributed by atoms with Crippen LogP contribution in [0.2, 0.25) is 0 Å². The number of ether oxygens (including phenoxy) is 1. The number of hydrogen-bond acceptors (Lipinski definition) is 2. The minimum absolute atomic E-state index is 0.0640. The number of allylic oxidation sites excluding steroid dienone is 3. The molecule has 3 rings (SSSR count). The van der Waals surface area contributed by atoms with E-state index in [2.05, 4.69) is 6.58 Å². The summed E-state index contributed by atoms with van der Waals surface area (Å²) in [5, 5.41) is 0. The highest BCUT2D eigenvalue weighted by Crippen LogP contribution is 2.42. The minimum atomic E-state index is -2.89. The van der Waals surface area contributed by atoms with E-state index in [0.717, 1.165) is 23.1 Å². The van der Waals surface area contributed by atoms with Crippen LogP contribution in [0.3, 0.4) is 0 Å². The molecule has 0 amide bonds. The number of methoxy groups -OCH3 is 1. The van der Waals surface area contributed by atoms with Crippen molar-refractivity contribution in [1.82, 2.24) is 4.90 Å². The second-order valence-corrected chi connectivity index (χ2v) is 6.04. The zero-order valence-corrected chi connectivity index (χ0v) is 14.9. The molecule has 0 saturated carbocycles. The summed E-state index contributed by atoms with van der Waals surface area (Å²) >= 11 is 0. The lowest BCUT2D eigenvalue weighted by atomic mass is 9.93. The molecule has 0 radical (unpaired) electrons. The van der Waals surface area contributed by atoms with Gasteiger partial charge < -0.3 is 9.64 Å². The fraction of sp³-hybridized carbons (Fsp3) is 0.143. The van der Waals surface area contributed by atoms with Crippen LogP contribution in [-0.2, 0) is 0 Å². The summed E-state index contributed by atoms with van der Waals surface area (Å²) in [4.78, 5) is 0.802. The van der Waals surface area contributed by atoms with Crippen molar-refractivity contribution in [3.8, 4) is 5.75 Å². The van der Waals surface area contributed by atoms with Gasteiger partial charge in [-0.25, -0.2) is 22.0 Å². The minimum Gasteiger partial charge on any atom is -0.497 e. The zero-order valence-electron chi connectivity index (χ0n) is 14.9. The van der Waals surface area contributed by atoms with Crippen molar-refractivity contribution in [3.05, 3.63) is 89.4 Å². The first-order chi connectivity index (χ1) is 13.3. The summed E-state index contributed by atoms with van der Waals surface area (Å²) in [5.41, 5.74) is -0.714. The number of alkyl halides is 2. The van der Waals surface area contributed by atoms with E-state index >= 15 is 0 Å². The lowest BCUT2D eigenvalue weighted by Crippen LogP contribution is -2.30. The molecule has 1 heterocycles. The fourth-order valence-electron chi connectivity index (χ4n) is 3.03. The Morgan fingerprint density at radius 2 is 1.64 bits per heavy atom. The first kappa shape index (κ1) is 19.7. The normalized spacial score (nSPS) is 14.6. The number of rotatable bonds is 5. The average molecular weight is 393 g/mol. The molecule has 0 fully saturated rings. The van der Waals surface area contributed by atoms with Gasteiger partial charge in [0.1, 0.15) is 23.2 Å². The van der Waals surface area contributed by atoms with Crippen molar-refractivity contribution in [3.63, 3.8) is 0 Å². The highest BCUT2D eigenvalue weighted by atomic mass is 19.3. The maximum absolute atomic E-state index is 14.8. The van der Waals surface area contributed by atoms with Gasteiger partial charge in [-0.3, -0.25) is 0 Å². The van der Waals surface area contributed by atoms with Crippen LogP contribution < -0.4 is 4.74 Å². The first-order valence-electron chi connectivity index (χ1n) is 8.28. The van der Waals surface area contributed by atoms with E-state index in [4.69, 9.17) is 4.74 Å². The van der Waals surface area contributed by atoms with Crippen LogP contribution in [0.4, 0.5) is 22.0 Å². The summed E-state index contributed by atoms with van der Waals surface area (Å²) < 4.78 is 75.3. The Labute approximate surface area is 158 Å². The molecule has 0 N–H and O–H groups in total. The molecule has 0 aromatic heterocycles. The van der Waals surface area contributed by atoms with Crippen LogP contribution in [0.5, 0.6) is 5.75 Å². The van der Waals surface area contributed by atoms with Gasteiger partial charge in [-0.15, -0.1) is 0 Å². The van der Waals surface area contributed by atoms with E-state index in [-0.39, 0.29) is 17.0 Å². The van der Waals surface area contributed by atoms with Gasteiger partial charge >= 0.3 is 0 Å². The molecule has 146 valence electrons. The average Bonchev–Trinajstić information content (AvgIpc) is 2.66. The van der Waals surface area contributed by atoms with Gasteiger partial charge in [0.15, 0.2) is 0 Å². The second kappa shape index (κ2) is 7.88. The Morgan fingerprint density at radius 3 is 2.18 bits per heavy atom. The molecule has 28 heavy (non-hydrogen) atoms. The monoisotopic (exact) mass is 393 g/mol. The number of benzene rings is 2. The molecule has 2 nitrogen and oxygen atoms in total. The summed E-state index contributed by atoms with van der Waals surface area (Å²) in [6.45, 7) is 2.50. The van der Waals surface area contributed by atoms with E-state index in [0.29, 0.717) is 5.56 Å². The van der Waals surface area contributed by atoms with E-state index in [9.17, 15) is 22.0 Å². The quantitative estimate of drug-likeness (QED) is 0.597. The summed E-state index contributed by atoms with van der Waals surface area (Å²) in [6.07, 6.45) is -1.85. The molecule has 0 atom stereocenters. The van der Waals surface area contributed by atoms with Crippen LogP contribution >= 0.6 is 0 Å². The molecule has 2 aromatic rings. The van der Waals surface area contributed by atoms with Gasteiger partial charge in [0.05, 0.1) is 30.6 Å². The summed E-state index contributed by atoms with van der Waals surface area (Å²) in [6, 6.07) is 10.1. The lowest BCUT2D eigenvalue weighted by molar-refractivity contribution is 0.122. The van der Waals surface area contributed by atoms with Crippen molar-refractivity contribution in [2.45, 2.75) is 6.43 Å². The maximum Gasteiger partial charge on any atom is 0.256 e. The number of hydrogen-bond donors (Lipinski definition) is 0. The third-order valence-corrected chi connectivity index (χ3v) is 4.29. The molecule has 2 aromatic carbocycles. The highest BCUT2D eigenvalue weighted by molar-refractivity contribution is 5.97. The summed E-state index contributed by atoms with van der Waals surface area (Å²) in [5.74, 6) is -2.99. The summed E-state index contributed by atoms with van der Waals surface area (Å²) in [7, 11) is 1.24. The van der Waals surface area contributed by atoms with Gasteiger partial charge in [0.2, 0.25) is 0 Å². The lowest BCUT2D eigenvalue weighted by Gasteiger charge is -2.33. The highest BCUT2D eigenvalue weighted by Gasteiger charge is 2.32. The van der Waals surface area contributed by atoms with Gasteiger partial charge in [-0.1, -0.05) is 36.9 Å². The fourth-order valence-corrected chi connectivity index (χ4v) is 3.03. The second-order valence-electron chi connectivity index (χ2n) is 6.04. The first-order valence-corrected chi connectivity index (χ1v) is 8.28. The Kier molecular flexibility index (Phi) is 5.53. The Hall–Kier alpha value is -3.09. The van der Waals surface area contributed by atoms with Gasteiger partial charge in [-0.2, -0.15) is 0 Å². The number of halogens is 5. The van der Waals surface area contributed by atoms with Crippen LogP contribution in [0, 0.1) is 11.6 Å². The van der Waals surface area contributed by atoms with E-state index in [1.165, 1.54) is 7.11 Å². The number of nitrogens with zero attached hydrogens (tertiary/aromatic N) is 1. The maximum atomic E-state index is 14.8. The smallest absolute Gasteiger partial charge is 0.256 e. The van der Waals surface area contributed by atoms with Crippen LogP contribution in [0.1, 0.15) is 11.1 Å². The van der Waals surface area contributed by atoms with Crippen molar-refractivity contribution < 1.29 is 26.7 Å². The van der Waals surface area contributed by atoms with Crippen molar-refractivity contribution >= 4 is 11.3 Å². The van der Waals surface area contributed by atoms with Gasteiger partial charge in [0.25, 0.3) is 6.43 Å². The zero-order chi connectivity index (χ0) is 20.4. The molecule has 1 aliphatic rings. The Bertz CT molecular complexity index is 943. The third-order valence-electron chi connectivity index (χ3n) is 4.29. The molecule has 0 unspecified atom stereocenters. The van der Waals surface area contributed by atoms with E-state index in [1.807, 2.05) is 0 Å². The molecule has 0 saturated heterocycles. The predicted octanol–water partition coefficient (Wildman–Crippen LogP) is 5.79. The molecule has 0 spiro atoms. The van der Waals surface area contributed by atoms with Crippen LogP contribution in [0.15, 0.2) is 66.6 Å².